The molecule has 2 fully saturated rings. The molecule has 1 aliphatic carbocycles. The SMILES string of the molecule is CNC(=O)OCCN1C(=O)C2(CCNCC2)c2ccccc2C1C1CCC(=C(C)C)CC1. The standard InChI is InChI=1S/C26H37N3O3/c1-18(2)19-8-10-20(11-9-19)23-21-6-4-5-7-22(21)26(12-14-28-15-13-26)24(30)29(23)16-17-32-25(31)27-3/h4-7,20,23,28H,8-17H2,1-3H3,(H,27,31). The van der Waals surface area contributed by atoms with Crippen LogP contribution >= 0.6 is 0 Å². The Labute approximate surface area is 191 Å². The predicted octanol–water partition coefficient (Wildman–Crippen LogP) is 4.07. The van der Waals surface area contributed by atoms with Gasteiger partial charge in [-0.05, 0) is 82.5 Å². The maximum atomic E-state index is 14.2. The summed E-state index contributed by atoms with van der Waals surface area (Å²) in [5.41, 5.74) is 5.08. The fraction of sp³-hybridized carbons (Fsp3) is 0.615. The van der Waals surface area contributed by atoms with Crippen molar-refractivity contribution in [3.8, 4) is 0 Å². The predicted molar refractivity (Wildman–Crippen MR) is 125 cm³/mol. The zero-order valence-corrected chi connectivity index (χ0v) is 19.7. The first kappa shape index (κ1) is 22.8. The molecule has 0 radical (unpaired) electrons. The van der Waals surface area contributed by atoms with E-state index in [1.807, 2.05) is 0 Å². The smallest absolute Gasteiger partial charge is 0.406 e. The average molecular weight is 440 g/mol. The Morgan fingerprint density at radius 1 is 1.19 bits per heavy atom. The van der Waals surface area contributed by atoms with Crippen LogP contribution in [0, 0.1) is 5.92 Å². The first-order valence-corrected chi connectivity index (χ1v) is 12.1. The van der Waals surface area contributed by atoms with Gasteiger partial charge in [0.2, 0.25) is 5.91 Å². The molecule has 4 rings (SSSR count). The van der Waals surface area contributed by atoms with E-state index in [9.17, 15) is 9.59 Å². The highest BCUT2D eigenvalue weighted by atomic mass is 16.5. The van der Waals surface area contributed by atoms with Crippen LogP contribution < -0.4 is 10.6 Å². The third-order valence-corrected chi connectivity index (χ3v) is 7.82. The Morgan fingerprint density at radius 2 is 1.88 bits per heavy atom. The number of rotatable bonds is 4. The highest BCUT2D eigenvalue weighted by Crippen LogP contribution is 2.50. The maximum Gasteiger partial charge on any atom is 0.406 e. The van der Waals surface area contributed by atoms with Gasteiger partial charge in [0, 0.05) is 7.05 Å². The van der Waals surface area contributed by atoms with Gasteiger partial charge >= 0.3 is 6.09 Å². The van der Waals surface area contributed by atoms with E-state index in [1.165, 1.54) is 16.7 Å². The summed E-state index contributed by atoms with van der Waals surface area (Å²) in [4.78, 5) is 27.9. The van der Waals surface area contributed by atoms with E-state index in [4.69, 9.17) is 4.74 Å². The van der Waals surface area contributed by atoms with Crippen LogP contribution in [0.1, 0.15) is 69.5 Å². The van der Waals surface area contributed by atoms with Crippen molar-refractivity contribution in [2.75, 3.05) is 33.3 Å². The van der Waals surface area contributed by atoms with Crippen molar-refractivity contribution < 1.29 is 14.3 Å². The number of allylic oxidation sites excluding steroid dienone is 2. The minimum Gasteiger partial charge on any atom is -0.448 e. The van der Waals surface area contributed by atoms with Crippen molar-refractivity contribution in [1.29, 1.82) is 0 Å². The third-order valence-electron chi connectivity index (χ3n) is 7.82. The average Bonchev–Trinajstić information content (AvgIpc) is 2.83. The van der Waals surface area contributed by atoms with Crippen LogP contribution in [-0.4, -0.2) is 50.2 Å². The molecular formula is C26H37N3O3. The summed E-state index contributed by atoms with van der Waals surface area (Å²) in [6.45, 7) is 6.76. The number of hydrogen-bond donors (Lipinski definition) is 2. The Hall–Kier alpha value is -2.34. The molecule has 1 atom stereocenters. The molecule has 2 amide bonds. The number of ether oxygens (including phenoxy) is 1. The molecule has 1 saturated heterocycles. The summed E-state index contributed by atoms with van der Waals surface area (Å²) in [7, 11) is 1.56. The van der Waals surface area contributed by atoms with Crippen molar-refractivity contribution in [2.45, 2.75) is 63.8 Å². The van der Waals surface area contributed by atoms with Crippen LogP contribution in [0.2, 0.25) is 0 Å². The zero-order chi connectivity index (χ0) is 22.7. The summed E-state index contributed by atoms with van der Waals surface area (Å²) in [5, 5.41) is 5.92. The molecule has 0 bridgehead atoms. The topological polar surface area (TPSA) is 70.7 Å². The minimum absolute atomic E-state index is 0.0474. The first-order chi connectivity index (χ1) is 15.5. The van der Waals surface area contributed by atoms with Crippen LogP contribution in [0.15, 0.2) is 35.4 Å². The lowest BCUT2D eigenvalue weighted by Crippen LogP contribution is -2.58. The summed E-state index contributed by atoms with van der Waals surface area (Å²) >= 11 is 0. The number of amides is 2. The molecule has 1 aromatic carbocycles. The van der Waals surface area contributed by atoms with E-state index in [2.05, 4.69) is 53.6 Å². The number of carbonyl (C=O) groups is 2. The number of piperidine rings is 1. The summed E-state index contributed by atoms with van der Waals surface area (Å²) in [5.74, 6) is 0.637. The monoisotopic (exact) mass is 439 g/mol. The van der Waals surface area contributed by atoms with Gasteiger partial charge in [0.25, 0.3) is 0 Å². The second-order valence-electron chi connectivity index (χ2n) is 9.69. The minimum atomic E-state index is -0.467. The highest BCUT2D eigenvalue weighted by Gasteiger charge is 2.52. The molecule has 32 heavy (non-hydrogen) atoms. The molecular weight excluding hydrogens is 402 g/mol. The fourth-order valence-electron chi connectivity index (χ4n) is 6.07. The lowest BCUT2D eigenvalue weighted by Gasteiger charge is -2.51. The number of fused-ring (bicyclic) bond motifs is 2. The molecule has 1 aromatic rings. The van der Waals surface area contributed by atoms with Crippen molar-refractivity contribution in [2.24, 2.45) is 5.92 Å². The number of nitrogens with zero attached hydrogens (tertiary/aromatic N) is 1. The van der Waals surface area contributed by atoms with Crippen LogP contribution in [0.25, 0.3) is 0 Å². The van der Waals surface area contributed by atoms with Gasteiger partial charge in [-0.2, -0.15) is 0 Å². The largest absolute Gasteiger partial charge is 0.448 e. The van der Waals surface area contributed by atoms with Gasteiger partial charge in [-0.15, -0.1) is 0 Å². The highest BCUT2D eigenvalue weighted by molar-refractivity contribution is 5.91. The van der Waals surface area contributed by atoms with Crippen LogP contribution in [0.3, 0.4) is 0 Å². The number of carbonyl (C=O) groups excluding carboxylic acids is 2. The molecule has 0 aromatic heterocycles. The number of benzene rings is 1. The fourth-order valence-corrected chi connectivity index (χ4v) is 6.07. The van der Waals surface area contributed by atoms with E-state index in [1.54, 1.807) is 12.6 Å². The Bertz CT molecular complexity index is 874. The Balaban J connectivity index is 1.70. The first-order valence-electron chi connectivity index (χ1n) is 12.1. The third kappa shape index (κ3) is 4.17. The normalized spacial score (nSPS) is 24.8. The van der Waals surface area contributed by atoms with Gasteiger partial charge < -0.3 is 20.3 Å². The van der Waals surface area contributed by atoms with Gasteiger partial charge in [0.15, 0.2) is 0 Å². The molecule has 3 aliphatic rings. The molecule has 2 aliphatic heterocycles. The van der Waals surface area contributed by atoms with Crippen molar-refractivity contribution in [3.05, 3.63) is 46.5 Å². The maximum absolute atomic E-state index is 14.2. The van der Waals surface area contributed by atoms with Crippen molar-refractivity contribution in [1.82, 2.24) is 15.5 Å². The van der Waals surface area contributed by atoms with E-state index >= 15 is 0 Å². The molecule has 6 heteroatoms. The van der Waals surface area contributed by atoms with E-state index < -0.39 is 11.5 Å². The number of hydrogen-bond acceptors (Lipinski definition) is 4. The van der Waals surface area contributed by atoms with E-state index in [-0.39, 0.29) is 18.6 Å². The molecule has 1 saturated carbocycles. The lowest BCUT2D eigenvalue weighted by atomic mass is 9.64. The molecule has 6 nitrogen and oxygen atoms in total. The van der Waals surface area contributed by atoms with Crippen molar-refractivity contribution in [3.63, 3.8) is 0 Å². The Kier molecular flexibility index (Phi) is 6.89. The van der Waals surface area contributed by atoms with E-state index in [0.717, 1.165) is 51.6 Å². The lowest BCUT2D eigenvalue weighted by molar-refractivity contribution is -0.145. The molecule has 2 N–H and O–H groups in total. The quantitative estimate of drug-likeness (QED) is 0.694. The zero-order valence-electron chi connectivity index (χ0n) is 19.7. The summed E-state index contributed by atoms with van der Waals surface area (Å²) < 4.78 is 5.33. The van der Waals surface area contributed by atoms with Gasteiger partial charge in [0.1, 0.15) is 6.61 Å². The molecule has 1 spiro atoms. The summed E-state index contributed by atoms with van der Waals surface area (Å²) in [6.07, 6.45) is 5.58. The second kappa shape index (κ2) is 9.65. The van der Waals surface area contributed by atoms with Crippen LogP contribution in [0.5, 0.6) is 0 Å². The van der Waals surface area contributed by atoms with Crippen LogP contribution in [-0.2, 0) is 14.9 Å². The molecule has 174 valence electrons. The van der Waals surface area contributed by atoms with Gasteiger partial charge in [-0.3, -0.25) is 4.79 Å². The van der Waals surface area contributed by atoms with E-state index in [0.29, 0.717) is 12.5 Å². The summed E-state index contributed by atoms with van der Waals surface area (Å²) in [6, 6.07) is 8.67. The van der Waals surface area contributed by atoms with Gasteiger partial charge in [0.05, 0.1) is 18.0 Å². The number of nitrogens with one attached hydrogen (secondary N) is 2. The number of alkyl carbamates (subject to hydrolysis) is 1. The van der Waals surface area contributed by atoms with Crippen LogP contribution in [0.4, 0.5) is 4.79 Å². The molecule has 1 unspecified atom stereocenters. The van der Waals surface area contributed by atoms with Gasteiger partial charge in [-0.1, -0.05) is 35.4 Å². The second-order valence-corrected chi connectivity index (χ2v) is 9.69. The Morgan fingerprint density at radius 3 is 2.53 bits per heavy atom. The molecule has 2 heterocycles. The van der Waals surface area contributed by atoms with Crippen molar-refractivity contribution >= 4 is 12.0 Å². The van der Waals surface area contributed by atoms with Gasteiger partial charge in [-0.25, -0.2) is 4.79 Å².